The second-order valence-electron chi connectivity index (χ2n) is 5.45. The van der Waals surface area contributed by atoms with Gasteiger partial charge in [0.05, 0.1) is 6.33 Å². The molecule has 2 heteroatoms. The SMILES string of the molecule is c1cc2ccc3cc(-n4ccnc4)cc4ccc(c1)c2c34. The fourth-order valence-corrected chi connectivity index (χ4v) is 3.30. The summed E-state index contributed by atoms with van der Waals surface area (Å²) in [6, 6.07) is 19.8. The van der Waals surface area contributed by atoms with E-state index in [2.05, 4.69) is 64.1 Å². The van der Waals surface area contributed by atoms with Gasteiger partial charge in [-0.15, -0.1) is 0 Å². The van der Waals surface area contributed by atoms with E-state index in [-0.39, 0.29) is 0 Å². The molecule has 0 fully saturated rings. The van der Waals surface area contributed by atoms with E-state index in [1.165, 1.54) is 32.3 Å². The summed E-state index contributed by atoms with van der Waals surface area (Å²) in [5, 5.41) is 7.89. The topological polar surface area (TPSA) is 17.8 Å². The molecule has 21 heavy (non-hydrogen) atoms. The van der Waals surface area contributed by atoms with Crippen molar-refractivity contribution in [1.29, 1.82) is 0 Å². The third-order valence-corrected chi connectivity index (χ3v) is 4.25. The molecule has 98 valence electrons. The lowest BCUT2D eigenvalue weighted by Crippen LogP contribution is -1.91. The maximum Gasteiger partial charge on any atom is 0.0991 e. The van der Waals surface area contributed by atoms with Crippen LogP contribution in [0.3, 0.4) is 0 Å². The monoisotopic (exact) mass is 268 g/mol. The summed E-state index contributed by atoms with van der Waals surface area (Å²) in [4.78, 5) is 4.14. The van der Waals surface area contributed by atoms with Crippen molar-refractivity contribution in [3.8, 4) is 5.69 Å². The maximum atomic E-state index is 4.14. The van der Waals surface area contributed by atoms with Crippen LogP contribution in [0.4, 0.5) is 0 Å². The van der Waals surface area contributed by atoms with Gasteiger partial charge in [-0.1, -0.05) is 42.5 Å². The third-order valence-electron chi connectivity index (χ3n) is 4.25. The van der Waals surface area contributed by atoms with Crippen LogP contribution in [-0.2, 0) is 0 Å². The zero-order valence-corrected chi connectivity index (χ0v) is 11.3. The minimum Gasteiger partial charge on any atom is -0.306 e. The number of hydrogen-bond acceptors (Lipinski definition) is 1. The quantitative estimate of drug-likeness (QED) is 0.400. The van der Waals surface area contributed by atoms with E-state index in [9.17, 15) is 0 Å². The fraction of sp³-hybridized carbons (Fsp3) is 0. The molecule has 0 amide bonds. The predicted molar refractivity (Wildman–Crippen MR) is 87.3 cm³/mol. The zero-order valence-electron chi connectivity index (χ0n) is 11.3. The maximum absolute atomic E-state index is 4.14. The average molecular weight is 268 g/mol. The molecule has 0 N–H and O–H groups in total. The van der Waals surface area contributed by atoms with Crippen LogP contribution in [0.15, 0.2) is 73.3 Å². The van der Waals surface area contributed by atoms with E-state index in [4.69, 9.17) is 0 Å². The van der Waals surface area contributed by atoms with E-state index < -0.39 is 0 Å². The minimum atomic E-state index is 1.15. The van der Waals surface area contributed by atoms with Crippen molar-refractivity contribution in [1.82, 2.24) is 9.55 Å². The van der Waals surface area contributed by atoms with Crippen molar-refractivity contribution >= 4 is 32.3 Å². The van der Waals surface area contributed by atoms with Gasteiger partial charge >= 0.3 is 0 Å². The zero-order chi connectivity index (χ0) is 13.8. The summed E-state index contributed by atoms with van der Waals surface area (Å²) >= 11 is 0. The highest BCUT2D eigenvalue weighted by Gasteiger charge is 2.09. The molecule has 0 bridgehead atoms. The molecule has 1 heterocycles. The van der Waals surface area contributed by atoms with Crippen molar-refractivity contribution in [2.24, 2.45) is 0 Å². The number of rotatable bonds is 1. The van der Waals surface area contributed by atoms with E-state index in [1.807, 2.05) is 18.7 Å². The molecule has 0 spiro atoms. The molecule has 0 aliphatic carbocycles. The highest BCUT2D eigenvalue weighted by atomic mass is 15.0. The Labute approximate surface area is 121 Å². The Morgan fingerprint density at radius 2 is 1.33 bits per heavy atom. The van der Waals surface area contributed by atoms with Gasteiger partial charge in [-0.2, -0.15) is 0 Å². The molecule has 0 radical (unpaired) electrons. The number of imidazole rings is 1. The van der Waals surface area contributed by atoms with E-state index in [1.54, 1.807) is 0 Å². The Morgan fingerprint density at radius 3 is 1.95 bits per heavy atom. The van der Waals surface area contributed by atoms with Crippen molar-refractivity contribution in [3.63, 3.8) is 0 Å². The number of aromatic nitrogens is 2. The highest BCUT2D eigenvalue weighted by Crippen LogP contribution is 2.35. The third kappa shape index (κ3) is 1.44. The molecule has 0 aliphatic rings. The molecular weight excluding hydrogens is 256 g/mol. The molecule has 0 unspecified atom stereocenters. The fourth-order valence-electron chi connectivity index (χ4n) is 3.30. The van der Waals surface area contributed by atoms with Gasteiger partial charge in [0.2, 0.25) is 0 Å². The van der Waals surface area contributed by atoms with E-state index in [0.29, 0.717) is 0 Å². The Bertz CT molecular complexity index is 1010. The van der Waals surface area contributed by atoms with Crippen molar-refractivity contribution in [2.45, 2.75) is 0 Å². The highest BCUT2D eigenvalue weighted by molar-refractivity contribution is 6.23. The number of hydrogen-bond donors (Lipinski definition) is 0. The molecular formula is C19H12N2. The second kappa shape index (κ2) is 3.83. The van der Waals surface area contributed by atoms with Crippen LogP contribution >= 0.6 is 0 Å². The van der Waals surface area contributed by atoms with Crippen LogP contribution in [0.2, 0.25) is 0 Å². The Hall–Kier alpha value is -2.87. The molecule has 4 aromatic carbocycles. The molecule has 0 aliphatic heterocycles. The molecule has 0 atom stereocenters. The largest absolute Gasteiger partial charge is 0.306 e. The van der Waals surface area contributed by atoms with Gasteiger partial charge < -0.3 is 4.57 Å². The van der Waals surface area contributed by atoms with Gasteiger partial charge in [-0.25, -0.2) is 4.98 Å². The Balaban J connectivity index is 1.99. The average Bonchev–Trinajstić information content (AvgIpc) is 3.07. The van der Waals surface area contributed by atoms with Crippen LogP contribution in [-0.4, -0.2) is 9.55 Å². The first-order chi connectivity index (χ1) is 10.4. The van der Waals surface area contributed by atoms with Gasteiger partial charge in [-0.05, 0) is 44.5 Å². The summed E-state index contributed by atoms with van der Waals surface area (Å²) in [7, 11) is 0. The second-order valence-corrected chi connectivity index (χ2v) is 5.45. The molecule has 2 nitrogen and oxygen atoms in total. The van der Waals surface area contributed by atoms with Crippen molar-refractivity contribution in [3.05, 3.63) is 73.3 Å². The van der Waals surface area contributed by atoms with E-state index in [0.717, 1.165) is 5.69 Å². The summed E-state index contributed by atoms with van der Waals surface area (Å²) in [6.07, 6.45) is 5.63. The predicted octanol–water partition coefficient (Wildman–Crippen LogP) is 4.77. The standard InChI is InChI=1S/C19H12N2/c1-2-13-4-6-15-10-17(21-9-8-20-12-21)11-16-7-5-14(3-1)18(13)19(15)16/h1-12H. The van der Waals surface area contributed by atoms with Crippen molar-refractivity contribution < 1.29 is 0 Å². The lowest BCUT2D eigenvalue weighted by Gasteiger charge is -2.12. The molecule has 1 aromatic heterocycles. The van der Waals surface area contributed by atoms with Gasteiger partial charge in [0, 0.05) is 18.1 Å². The minimum absolute atomic E-state index is 1.15. The first kappa shape index (κ1) is 10.9. The van der Waals surface area contributed by atoms with Gasteiger partial charge in [0.1, 0.15) is 0 Å². The van der Waals surface area contributed by atoms with Crippen LogP contribution < -0.4 is 0 Å². The lowest BCUT2D eigenvalue weighted by atomic mass is 9.94. The van der Waals surface area contributed by atoms with Crippen LogP contribution in [0.1, 0.15) is 0 Å². The van der Waals surface area contributed by atoms with Gasteiger partial charge in [0.15, 0.2) is 0 Å². The lowest BCUT2D eigenvalue weighted by molar-refractivity contribution is 1.06. The molecule has 5 rings (SSSR count). The van der Waals surface area contributed by atoms with Crippen LogP contribution in [0, 0.1) is 0 Å². The summed E-state index contributed by atoms with van der Waals surface area (Å²) in [5.41, 5.74) is 1.15. The van der Waals surface area contributed by atoms with E-state index >= 15 is 0 Å². The Kier molecular flexibility index (Phi) is 1.98. The first-order valence-corrected chi connectivity index (χ1v) is 7.06. The normalized spacial score (nSPS) is 11.8. The van der Waals surface area contributed by atoms with Crippen LogP contribution in [0.25, 0.3) is 38.0 Å². The molecule has 5 aromatic rings. The van der Waals surface area contributed by atoms with Gasteiger partial charge in [0.25, 0.3) is 0 Å². The summed E-state index contributed by atoms with van der Waals surface area (Å²) in [5.74, 6) is 0. The molecule has 0 saturated heterocycles. The summed E-state index contributed by atoms with van der Waals surface area (Å²) in [6.45, 7) is 0. The summed E-state index contributed by atoms with van der Waals surface area (Å²) < 4.78 is 2.05. The number of nitrogens with zero attached hydrogens (tertiary/aromatic N) is 2. The number of benzene rings is 4. The smallest absolute Gasteiger partial charge is 0.0991 e. The van der Waals surface area contributed by atoms with Crippen molar-refractivity contribution in [2.75, 3.05) is 0 Å². The Morgan fingerprint density at radius 1 is 0.714 bits per heavy atom. The molecule has 0 saturated carbocycles. The first-order valence-electron chi connectivity index (χ1n) is 7.06. The van der Waals surface area contributed by atoms with Gasteiger partial charge in [-0.3, -0.25) is 0 Å². The van der Waals surface area contributed by atoms with Crippen LogP contribution in [0.5, 0.6) is 0 Å².